The quantitative estimate of drug-likeness (QED) is 0.315. The number of fused-ring (bicyclic) bond motifs is 1. The number of nitrogens with zero attached hydrogens (tertiary/aromatic N) is 3. The molecule has 3 aromatic carbocycles. The highest BCUT2D eigenvalue weighted by Crippen LogP contribution is 2.37. The lowest BCUT2D eigenvalue weighted by molar-refractivity contribution is 0.193. The Morgan fingerprint density at radius 1 is 1.08 bits per heavy atom. The second kappa shape index (κ2) is 10.8. The van der Waals surface area contributed by atoms with Crippen LogP contribution in [0.3, 0.4) is 0 Å². The largest absolute Gasteiger partial charge is 0.497 e. The summed E-state index contributed by atoms with van der Waals surface area (Å²) in [5, 5.41) is 3.38. The Labute approximate surface area is 217 Å². The number of methoxy groups -OCH3 is 2. The van der Waals surface area contributed by atoms with Gasteiger partial charge in [0.15, 0.2) is 0 Å². The Morgan fingerprint density at radius 3 is 2.44 bits per heavy atom. The van der Waals surface area contributed by atoms with Crippen LogP contribution in [0, 0.1) is 0 Å². The number of anilines is 1. The predicted octanol–water partition coefficient (Wildman–Crippen LogP) is 5.78. The smallest absolute Gasteiger partial charge is 0.322 e. The third kappa shape index (κ3) is 4.79. The van der Waals surface area contributed by atoms with E-state index in [9.17, 15) is 9.59 Å². The average Bonchev–Trinajstić information content (AvgIpc) is 2.90. The second-order valence-electron chi connectivity index (χ2n) is 8.05. The van der Waals surface area contributed by atoms with Crippen LogP contribution in [-0.2, 0) is 0 Å². The van der Waals surface area contributed by atoms with E-state index in [2.05, 4.69) is 21.2 Å². The highest BCUT2D eigenvalue weighted by molar-refractivity contribution is 9.10. The molecule has 0 aliphatic rings. The van der Waals surface area contributed by atoms with Crippen LogP contribution < -0.4 is 20.3 Å². The zero-order valence-corrected chi connectivity index (χ0v) is 22.1. The Hall–Kier alpha value is -3.85. The van der Waals surface area contributed by atoms with Gasteiger partial charge in [0.1, 0.15) is 17.3 Å². The second-order valence-corrected chi connectivity index (χ2v) is 8.84. The number of ether oxygens (including phenoxy) is 2. The Morgan fingerprint density at radius 2 is 1.78 bits per heavy atom. The van der Waals surface area contributed by atoms with Gasteiger partial charge >= 0.3 is 6.03 Å². The first-order chi connectivity index (χ1) is 17.4. The molecule has 0 fully saturated rings. The maximum atomic E-state index is 13.9. The van der Waals surface area contributed by atoms with E-state index in [1.807, 2.05) is 50.2 Å². The van der Waals surface area contributed by atoms with Crippen LogP contribution in [0.5, 0.6) is 11.5 Å². The fraction of sp³-hybridized carbons (Fsp3) is 0.222. The van der Waals surface area contributed by atoms with Gasteiger partial charge in [-0.2, -0.15) is 0 Å². The number of aromatic nitrogens is 2. The van der Waals surface area contributed by atoms with Crippen molar-refractivity contribution in [3.63, 3.8) is 0 Å². The molecule has 36 heavy (non-hydrogen) atoms. The molecule has 0 radical (unpaired) electrons. The molecule has 1 N–H and O–H groups in total. The third-order valence-electron chi connectivity index (χ3n) is 5.96. The summed E-state index contributed by atoms with van der Waals surface area (Å²) in [6.45, 7) is 4.13. The van der Waals surface area contributed by atoms with Crippen LogP contribution >= 0.6 is 15.9 Å². The van der Waals surface area contributed by atoms with Crippen molar-refractivity contribution in [2.24, 2.45) is 0 Å². The predicted molar refractivity (Wildman–Crippen MR) is 144 cm³/mol. The SMILES string of the molecule is CCN(C(=O)Nc1ccccc1)C(C)c1nc2ccccc2c(=O)n1-c1cc(OC)cc(OC)c1Br. The number of hydrogen-bond donors (Lipinski definition) is 1. The number of amides is 2. The van der Waals surface area contributed by atoms with Crippen LogP contribution in [0.2, 0.25) is 0 Å². The highest BCUT2D eigenvalue weighted by Gasteiger charge is 2.27. The van der Waals surface area contributed by atoms with Crippen molar-refractivity contribution in [1.82, 2.24) is 14.5 Å². The molecule has 0 saturated carbocycles. The standard InChI is InChI=1S/C27H27BrN4O4/c1-5-31(27(34)29-18-11-7-6-8-12-18)17(2)25-30-21-14-10-9-13-20(21)26(33)32(25)22-15-19(35-3)16-23(36-4)24(22)28/h6-17H,5H2,1-4H3,(H,29,34). The van der Waals surface area contributed by atoms with Gasteiger partial charge < -0.3 is 19.7 Å². The van der Waals surface area contributed by atoms with E-state index in [4.69, 9.17) is 14.5 Å². The average molecular weight is 551 g/mol. The summed E-state index contributed by atoms with van der Waals surface area (Å²) < 4.78 is 13.1. The molecule has 1 atom stereocenters. The van der Waals surface area contributed by atoms with Gasteiger partial charge in [-0.25, -0.2) is 9.78 Å². The van der Waals surface area contributed by atoms with E-state index in [1.165, 1.54) is 4.57 Å². The van der Waals surface area contributed by atoms with Crippen molar-refractivity contribution in [2.45, 2.75) is 19.9 Å². The van der Waals surface area contributed by atoms with Crippen LogP contribution in [0.15, 0.2) is 76.0 Å². The van der Waals surface area contributed by atoms with E-state index >= 15 is 0 Å². The zero-order chi connectivity index (χ0) is 25.8. The van der Waals surface area contributed by atoms with E-state index in [-0.39, 0.29) is 11.6 Å². The first-order valence-electron chi connectivity index (χ1n) is 11.5. The topological polar surface area (TPSA) is 85.7 Å². The molecule has 1 unspecified atom stereocenters. The first-order valence-corrected chi connectivity index (χ1v) is 12.2. The van der Waals surface area contributed by atoms with Crippen LogP contribution in [0.1, 0.15) is 25.7 Å². The fourth-order valence-corrected chi connectivity index (χ4v) is 4.67. The minimum Gasteiger partial charge on any atom is -0.497 e. The van der Waals surface area contributed by atoms with Crippen molar-refractivity contribution in [2.75, 3.05) is 26.1 Å². The van der Waals surface area contributed by atoms with Crippen LogP contribution in [0.4, 0.5) is 10.5 Å². The highest BCUT2D eigenvalue weighted by atomic mass is 79.9. The molecule has 2 amide bonds. The van der Waals surface area contributed by atoms with Gasteiger partial charge in [0.2, 0.25) is 0 Å². The number of halogens is 1. The lowest BCUT2D eigenvalue weighted by Gasteiger charge is -2.30. The number of rotatable bonds is 7. The van der Waals surface area contributed by atoms with Crippen molar-refractivity contribution in [1.29, 1.82) is 0 Å². The zero-order valence-electron chi connectivity index (χ0n) is 20.5. The fourth-order valence-electron chi connectivity index (χ4n) is 4.10. The third-order valence-corrected chi connectivity index (χ3v) is 6.76. The molecule has 8 nitrogen and oxygen atoms in total. The summed E-state index contributed by atoms with van der Waals surface area (Å²) in [5.74, 6) is 1.41. The van der Waals surface area contributed by atoms with Crippen LogP contribution in [0.25, 0.3) is 16.6 Å². The Bertz CT molecular complexity index is 1460. The summed E-state index contributed by atoms with van der Waals surface area (Å²) in [7, 11) is 3.09. The molecule has 1 heterocycles. The molecule has 4 rings (SSSR count). The van der Waals surface area contributed by atoms with Gasteiger partial charge in [-0.3, -0.25) is 9.36 Å². The molecule has 0 aliphatic heterocycles. The van der Waals surface area contributed by atoms with E-state index in [0.29, 0.717) is 50.6 Å². The molecular weight excluding hydrogens is 524 g/mol. The number of urea groups is 1. The van der Waals surface area contributed by atoms with Gasteiger partial charge in [0.05, 0.1) is 41.3 Å². The number of para-hydroxylation sites is 2. The summed E-state index contributed by atoms with van der Waals surface area (Å²) >= 11 is 3.59. The summed E-state index contributed by atoms with van der Waals surface area (Å²) in [5.41, 5.74) is 1.46. The summed E-state index contributed by atoms with van der Waals surface area (Å²) in [6, 6.07) is 19.0. The van der Waals surface area contributed by atoms with Crippen LogP contribution in [-0.4, -0.2) is 41.2 Å². The molecule has 4 aromatic rings. The van der Waals surface area contributed by atoms with E-state index in [1.54, 1.807) is 49.5 Å². The van der Waals surface area contributed by atoms with Crippen molar-refractivity contribution >= 4 is 38.6 Å². The Kier molecular flexibility index (Phi) is 7.59. The molecule has 0 saturated heterocycles. The summed E-state index contributed by atoms with van der Waals surface area (Å²) in [4.78, 5) is 33.6. The molecule has 1 aromatic heterocycles. The molecule has 0 bridgehead atoms. The van der Waals surface area contributed by atoms with Gasteiger partial charge in [-0.05, 0) is 54.0 Å². The molecular formula is C27H27BrN4O4. The van der Waals surface area contributed by atoms with Gasteiger partial charge in [-0.15, -0.1) is 0 Å². The van der Waals surface area contributed by atoms with Crippen molar-refractivity contribution in [3.8, 4) is 17.2 Å². The normalized spacial score (nSPS) is 11.7. The maximum Gasteiger partial charge on any atom is 0.322 e. The Balaban J connectivity index is 1.92. The monoisotopic (exact) mass is 550 g/mol. The van der Waals surface area contributed by atoms with Crippen molar-refractivity contribution < 1.29 is 14.3 Å². The van der Waals surface area contributed by atoms with Gasteiger partial charge in [-0.1, -0.05) is 30.3 Å². The molecule has 186 valence electrons. The number of benzene rings is 3. The van der Waals surface area contributed by atoms with E-state index < -0.39 is 6.04 Å². The minimum atomic E-state index is -0.555. The first kappa shape index (κ1) is 25.2. The molecule has 0 spiro atoms. The van der Waals surface area contributed by atoms with Gasteiger partial charge in [0.25, 0.3) is 5.56 Å². The number of carbonyl (C=O) groups excluding carboxylic acids is 1. The van der Waals surface area contributed by atoms with E-state index in [0.717, 1.165) is 0 Å². The summed E-state index contributed by atoms with van der Waals surface area (Å²) in [6.07, 6.45) is 0. The number of hydrogen-bond acceptors (Lipinski definition) is 5. The maximum absolute atomic E-state index is 13.9. The molecule has 9 heteroatoms. The lowest BCUT2D eigenvalue weighted by Crippen LogP contribution is -2.39. The van der Waals surface area contributed by atoms with Crippen molar-refractivity contribution in [3.05, 3.63) is 87.4 Å². The lowest BCUT2D eigenvalue weighted by atomic mass is 10.1. The van der Waals surface area contributed by atoms with Gasteiger partial charge in [0, 0.05) is 24.4 Å². The molecule has 0 aliphatic carbocycles. The number of nitrogens with one attached hydrogen (secondary N) is 1. The number of carbonyl (C=O) groups is 1. The minimum absolute atomic E-state index is 0.266.